The van der Waals surface area contributed by atoms with Gasteiger partial charge in [-0.15, -0.1) is 11.3 Å². The molecule has 19 heavy (non-hydrogen) atoms. The molecule has 5 heteroatoms. The molecule has 0 saturated carbocycles. The minimum Gasteiger partial charge on any atom is -0.507 e. The molecule has 1 aromatic heterocycles. The molecule has 0 amide bonds. The number of carboxylic acids is 1. The van der Waals surface area contributed by atoms with Crippen LogP contribution < -0.4 is 0 Å². The Hall–Kier alpha value is -1.88. The number of hydrogen-bond acceptors (Lipinski definition) is 4. The third kappa shape index (κ3) is 2.21. The van der Waals surface area contributed by atoms with Crippen LogP contribution >= 0.6 is 11.3 Å². The molecule has 0 saturated heterocycles. The van der Waals surface area contributed by atoms with E-state index in [1.165, 1.54) is 11.3 Å². The topological polar surface area (TPSA) is 70.4 Å². The van der Waals surface area contributed by atoms with E-state index in [-0.39, 0.29) is 11.7 Å². The van der Waals surface area contributed by atoms with E-state index in [2.05, 4.69) is 4.98 Å². The van der Waals surface area contributed by atoms with Gasteiger partial charge in [0.2, 0.25) is 0 Å². The summed E-state index contributed by atoms with van der Waals surface area (Å²) in [6, 6.07) is 7.09. The van der Waals surface area contributed by atoms with Crippen LogP contribution in [0.3, 0.4) is 0 Å². The third-order valence-electron chi connectivity index (χ3n) is 3.42. The highest BCUT2D eigenvalue weighted by molar-refractivity contribution is 7.15. The highest BCUT2D eigenvalue weighted by Gasteiger charge is 2.27. The molecule has 0 bridgehead atoms. The predicted molar refractivity (Wildman–Crippen MR) is 72.4 cm³/mol. The van der Waals surface area contributed by atoms with Crippen LogP contribution in [0.5, 0.6) is 5.75 Å². The van der Waals surface area contributed by atoms with Gasteiger partial charge in [-0.2, -0.15) is 0 Å². The Balaban J connectivity index is 1.96. The zero-order valence-electron chi connectivity index (χ0n) is 10.2. The van der Waals surface area contributed by atoms with E-state index in [4.69, 9.17) is 5.11 Å². The first-order valence-corrected chi connectivity index (χ1v) is 6.96. The number of aromatic hydroxyl groups is 1. The Labute approximate surface area is 114 Å². The summed E-state index contributed by atoms with van der Waals surface area (Å²) in [7, 11) is 0. The Morgan fingerprint density at radius 1 is 1.37 bits per heavy atom. The number of fused-ring (bicyclic) bond motifs is 1. The lowest BCUT2D eigenvalue weighted by Gasteiger charge is -2.16. The second kappa shape index (κ2) is 4.66. The van der Waals surface area contributed by atoms with E-state index in [0.29, 0.717) is 24.8 Å². The van der Waals surface area contributed by atoms with Crippen LogP contribution in [0, 0.1) is 5.92 Å². The summed E-state index contributed by atoms with van der Waals surface area (Å²) in [5.74, 6) is -0.822. The molecule has 3 rings (SSSR count). The smallest absolute Gasteiger partial charge is 0.306 e. The Morgan fingerprint density at radius 2 is 2.16 bits per heavy atom. The number of phenols is 1. The minimum absolute atomic E-state index is 0.211. The molecule has 1 aliphatic carbocycles. The van der Waals surface area contributed by atoms with Crippen molar-refractivity contribution in [3.63, 3.8) is 0 Å². The number of phenolic OH excluding ortho intramolecular Hbond substituents is 1. The lowest BCUT2D eigenvalue weighted by atomic mass is 9.91. The molecule has 0 fully saturated rings. The highest BCUT2D eigenvalue weighted by atomic mass is 32.1. The van der Waals surface area contributed by atoms with Gasteiger partial charge in [0.05, 0.1) is 17.2 Å². The average molecular weight is 275 g/mol. The van der Waals surface area contributed by atoms with Gasteiger partial charge in [0.25, 0.3) is 0 Å². The van der Waals surface area contributed by atoms with Crippen molar-refractivity contribution in [1.29, 1.82) is 0 Å². The second-order valence-electron chi connectivity index (χ2n) is 4.68. The first kappa shape index (κ1) is 12.2. The lowest BCUT2D eigenvalue weighted by Crippen LogP contribution is -2.21. The second-order valence-corrected chi connectivity index (χ2v) is 5.77. The van der Waals surface area contributed by atoms with Crippen molar-refractivity contribution in [2.24, 2.45) is 5.92 Å². The molecular weight excluding hydrogens is 262 g/mol. The molecule has 2 N–H and O–H groups in total. The lowest BCUT2D eigenvalue weighted by molar-refractivity contribution is -0.142. The van der Waals surface area contributed by atoms with E-state index >= 15 is 0 Å². The van der Waals surface area contributed by atoms with Gasteiger partial charge in [-0.25, -0.2) is 4.98 Å². The molecule has 1 heterocycles. The number of carbonyl (C=O) groups is 1. The van der Waals surface area contributed by atoms with E-state index in [9.17, 15) is 9.90 Å². The number of benzene rings is 1. The number of carboxylic acid groups (broad SMARTS) is 1. The Kier molecular flexibility index (Phi) is 2.98. The quantitative estimate of drug-likeness (QED) is 0.884. The predicted octanol–water partition coefficient (Wildman–Crippen LogP) is 2.71. The fourth-order valence-electron chi connectivity index (χ4n) is 2.36. The summed E-state index contributed by atoms with van der Waals surface area (Å²) >= 11 is 1.49. The molecule has 0 spiro atoms. The Morgan fingerprint density at radius 3 is 2.89 bits per heavy atom. The van der Waals surface area contributed by atoms with E-state index in [0.717, 1.165) is 15.6 Å². The van der Waals surface area contributed by atoms with Gasteiger partial charge in [-0.05, 0) is 31.4 Å². The zero-order chi connectivity index (χ0) is 13.4. The molecule has 1 atom stereocenters. The van der Waals surface area contributed by atoms with Gasteiger partial charge >= 0.3 is 5.97 Å². The molecule has 1 aliphatic rings. The maximum atomic E-state index is 11.0. The van der Waals surface area contributed by atoms with Gasteiger partial charge in [0, 0.05) is 4.88 Å². The molecule has 0 radical (unpaired) electrons. The fraction of sp³-hybridized carbons (Fsp3) is 0.286. The third-order valence-corrected chi connectivity index (χ3v) is 4.58. The highest BCUT2D eigenvalue weighted by Crippen LogP contribution is 2.37. The van der Waals surface area contributed by atoms with Gasteiger partial charge in [0.15, 0.2) is 0 Å². The van der Waals surface area contributed by atoms with Crippen molar-refractivity contribution < 1.29 is 15.0 Å². The minimum atomic E-state index is -0.733. The molecule has 4 nitrogen and oxygen atoms in total. The van der Waals surface area contributed by atoms with Crippen molar-refractivity contribution in [3.05, 3.63) is 34.8 Å². The van der Waals surface area contributed by atoms with E-state index in [1.807, 2.05) is 12.1 Å². The van der Waals surface area contributed by atoms with Gasteiger partial charge in [-0.3, -0.25) is 4.79 Å². The summed E-state index contributed by atoms with van der Waals surface area (Å²) in [4.78, 5) is 16.6. The first-order chi connectivity index (χ1) is 9.15. The van der Waals surface area contributed by atoms with Gasteiger partial charge < -0.3 is 10.2 Å². The van der Waals surface area contributed by atoms with Crippen molar-refractivity contribution in [2.75, 3.05) is 0 Å². The number of rotatable bonds is 2. The average Bonchev–Trinajstić information content (AvgIpc) is 2.81. The van der Waals surface area contributed by atoms with Gasteiger partial charge in [0.1, 0.15) is 10.8 Å². The number of para-hydroxylation sites is 1. The van der Waals surface area contributed by atoms with Crippen LogP contribution in [0.2, 0.25) is 0 Å². The summed E-state index contributed by atoms with van der Waals surface area (Å²) in [6.07, 6.45) is 1.90. The number of thiazole rings is 1. The maximum Gasteiger partial charge on any atom is 0.306 e. The van der Waals surface area contributed by atoms with Crippen LogP contribution in [-0.2, 0) is 17.6 Å². The fourth-order valence-corrected chi connectivity index (χ4v) is 3.58. The number of aromatic nitrogens is 1. The SMILES string of the molecule is O=C(O)C1CCc2nc(-c3ccccc3O)sc2C1. The van der Waals surface area contributed by atoms with Crippen molar-refractivity contribution in [1.82, 2.24) is 4.98 Å². The molecule has 1 unspecified atom stereocenters. The van der Waals surface area contributed by atoms with E-state index in [1.54, 1.807) is 12.1 Å². The van der Waals surface area contributed by atoms with Crippen molar-refractivity contribution in [2.45, 2.75) is 19.3 Å². The molecule has 1 aromatic carbocycles. The summed E-state index contributed by atoms with van der Waals surface area (Å²) in [5, 5.41) is 19.7. The van der Waals surface area contributed by atoms with Crippen LogP contribution in [-0.4, -0.2) is 21.2 Å². The number of aryl methyl sites for hydroxylation is 1. The molecular formula is C14H13NO3S. The van der Waals surface area contributed by atoms with Crippen molar-refractivity contribution in [3.8, 4) is 16.3 Å². The molecule has 98 valence electrons. The standard InChI is InChI=1S/C14H13NO3S/c16-11-4-2-1-3-9(11)13-15-10-6-5-8(14(17)18)7-12(10)19-13/h1-4,8,16H,5-7H2,(H,17,18). The van der Waals surface area contributed by atoms with Crippen LogP contribution in [0.25, 0.3) is 10.6 Å². The maximum absolute atomic E-state index is 11.0. The molecule has 0 aliphatic heterocycles. The summed E-state index contributed by atoms with van der Waals surface area (Å²) < 4.78 is 0. The van der Waals surface area contributed by atoms with Crippen molar-refractivity contribution >= 4 is 17.3 Å². The Bertz CT molecular complexity index is 635. The molecule has 2 aromatic rings. The summed E-state index contributed by atoms with van der Waals surface area (Å²) in [5.41, 5.74) is 1.70. The number of aliphatic carboxylic acids is 1. The zero-order valence-corrected chi connectivity index (χ0v) is 11.0. The van der Waals surface area contributed by atoms with Crippen LogP contribution in [0.4, 0.5) is 0 Å². The number of hydrogen-bond donors (Lipinski definition) is 2. The van der Waals surface area contributed by atoms with Gasteiger partial charge in [-0.1, -0.05) is 12.1 Å². The van der Waals surface area contributed by atoms with Crippen LogP contribution in [0.15, 0.2) is 24.3 Å². The number of nitrogens with zero attached hydrogens (tertiary/aromatic N) is 1. The summed E-state index contributed by atoms with van der Waals surface area (Å²) in [6.45, 7) is 0. The monoisotopic (exact) mass is 275 g/mol. The largest absolute Gasteiger partial charge is 0.507 e. The first-order valence-electron chi connectivity index (χ1n) is 6.15. The van der Waals surface area contributed by atoms with E-state index < -0.39 is 5.97 Å². The van der Waals surface area contributed by atoms with Crippen LogP contribution in [0.1, 0.15) is 17.0 Å². The normalized spacial score (nSPS) is 18.0.